The summed E-state index contributed by atoms with van der Waals surface area (Å²) in [4.78, 5) is 44.1. The van der Waals surface area contributed by atoms with Gasteiger partial charge >= 0.3 is 0 Å². The summed E-state index contributed by atoms with van der Waals surface area (Å²) in [6.45, 7) is 6.36. The van der Waals surface area contributed by atoms with Crippen LogP contribution in [0.2, 0.25) is 0 Å². The number of thiophene rings is 1. The SMILES string of the molecule is C[C@@H]1C[C@H](C)CN(C(=O)c2cc(Br)ccc2NC(=O)[C@@H]2CCCN2C(=O)Cc2cccs2)C1. The predicted molar refractivity (Wildman–Crippen MR) is 134 cm³/mol. The first kappa shape index (κ1) is 24.0. The van der Waals surface area contributed by atoms with E-state index in [2.05, 4.69) is 35.1 Å². The van der Waals surface area contributed by atoms with E-state index >= 15 is 0 Å². The average molecular weight is 533 g/mol. The van der Waals surface area contributed by atoms with Gasteiger partial charge in [0.15, 0.2) is 0 Å². The molecule has 1 N–H and O–H groups in total. The molecule has 2 aliphatic rings. The van der Waals surface area contributed by atoms with E-state index in [9.17, 15) is 14.4 Å². The van der Waals surface area contributed by atoms with Gasteiger partial charge in [-0.3, -0.25) is 14.4 Å². The summed E-state index contributed by atoms with van der Waals surface area (Å²) in [5.41, 5.74) is 0.977. The molecule has 8 heteroatoms. The molecule has 3 heterocycles. The van der Waals surface area contributed by atoms with Gasteiger partial charge in [-0.25, -0.2) is 0 Å². The highest BCUT2D eigenvalue weighted by Gasteiger charge is 2.35. The molecule has 0 bridgehead atoms. The Hall–Kier alpha value is -2.19. The Morgan fingerprint density at radius 2 is 1.91 bits per heavy atom. The largest absolute Gasteiger partial charge is 0.338 e. The molecule has 0 unspecified atom stereocenters. The van der Waals surface area contributed by atoms with E-state index in [0.29, 0.717) is 42.5 Å². The second-order valence-corrected chi connectivity index (χ2v) is 11.3. The van der Waals surface area contributed by atoms with Gasteiger partial charge in [0.2, 0.25) is 11.8 Å². The molecule has 0 spiro atoms. The number of halogens is 1. The number of carbonyl (C=O) groups is 3. The van der Waals surface area contributed by atoms with Crippen LogP contribution < -0.4 is 5.32 Å². The third-order valence-electron chi connectivity index (χ3n) is 6.41. The maximum absolute atomic E-state index is 13.4. The van der Waals surface area contributed by atoms with E-state index in [-0.39, 0.29) is 17.7 Å². The maximum atomic E-state index is 13.4. The first-order valence-corrected chi connectivity index (χ1v) is 13.2. The maximum Gasteiger partial charge on any atom is 0.256 e. The summed E-state index contributed by atoms with van der Waals surface area (Å²) in [5.74, 6) is 0.568. The molecule has 176 valence electrons. The molecular formula is C25H30BrN3O3S. The number of hydrogen-bond donors (Lipinski definition) is 1. The minimum absolute atomic E-state index is 0.0292. The highest BCUT2D eigenvalue weighted by molar-refractivity contribution is 9.10. The number of rotatable bonds is 5. The Kier molecular flexibility index (Phi) is 7.54. The molecule has 3 atom stereocenters. The predicted octanol–water partition coefficient (Wildman–Crippen LogP) is 4.80. The lowest BCUT2D eigenvalue weighted by Gasteiger charge is -2.35. The Labute approximate surface area is 207 Å². The van der Waals surface area contributed by atoms with Crippen LogP contribution in [0.1, 0.15) is 48.3 Å². The molecule has 4 rings (SSSR count). The number of anilines is 1. The fourth-order valence-electron chi connectivity index (χ4n) is 5.02. The molecule has 0 radical (unpaired) electrons. The van der Waals surface area contributed by atoms with Crippen LogP contribution in [0.3, 0.4) is 0 Å². The lowest BCUT2D eigenvalue weighted by Crippen LogP contribution is -2.44. The van der Waals surface area contributed by atoms with E-state index in [4.69, 9.17) is 0 Å². The lowest BCUT2D eigenvalue weighted by atomic mass is 9.91. The van der Waals surface area contributed by atoms with Gasteiger partial charge in [0.25, 0.3) is 5.91 Å². The third kappa shape index (κ3) is 5.66. The van der Waals surface area contributed by atoms with Crippen molar-refractivity contribution in [1.82, 2.24) is 9.80 Å². The van der Waals surface area contributed by atoms with Crippen molar-refractivity contribution in [3.05, 3.63) is 50.6 Å². The lowest BCUT2D eigenvalue weighted by molar-refractivity contribution is -0.136. The molecule has 2 aromatic rings. The van der Waals surface area contributed by atoms with Crippen LogP contribution in [-0.4, -0.2) is 53.2 Å². The zero-order chi connectivity index (χ0) is 23.5. The Bertz CT molecular complexity index is 1020. The quantitative estimate of drug-likeness (QED) is 0.602. The molecule has 6 nitrogen and oxygen atoms in total. The molecule has 2 saturated heterocycles. The fourth-order valence-corrected chi connectivity index (χ4v) is 6.08. The normalized spacial score (nSPS) is 22.9. The Morgan fingerprint density at radius 3 is 2.61 bits per heavy atom. The highest BCUT2D eigenvalue weighted by atomic mass is 79.9. The average Bonchev–Trinajstić information content (AvgIpc) is 3.45. The molecule has 0 saturated carbocycles. The minimum atomic E-state index is -0.515. The van der Waals surface area contributed by atoms with E-state index in [1.165, 1.54) is 0 Å². The Balaban J connectivity index is 1.49. The van der Waals surface area contributed by atoms with Crippen LogP contribution in [0.15, 0.2) is 40.2 Å². The van der Waals surface area contributed by atoms with Crippen LogP contribution in [0, 0.1) is 11.8 Å². The first-order valence-electron chi connectivity index (χ1n) is 11.5. The van der Waals surface area contributed by atoms with Crippen LogP contribution in [-0.2, 0) is 16.0 Å². The van der Waals surface area contributed by atoms with Crippen LogP contribution in [0.4, 0.5) is 5.69 Å². The number of hydrogen-bond acceptors (Lipinski definition) is 4. The number of nitrogens with one attached hydrogen (secondary N) is 1. The number of nitrogens with zero attached hydrogens (tertiary/aromatic N) is 2. The van der Waals surface area contributed by atoms with E-state index < -0.39 is 6.04 Å². The molecule has 2 aliphatic heterocycles. The van der Waals surface area contributed by atoms with E-state index in [0.717, 1.165) is 35.3 Å². The Morgan fingerprint density at radius 1 is 1.15 bits per heavy atom. The van der Waals surface area contributed by atoms with Gasteiger partial charge in [0.1, 0.15) is 6.04 Å². The van der Waals surface area contributed by atoms with Crippen molar-refractivity contribution in [2.45, 2.75) is 45.6 Å². The second kappa shape index (κ2) is 10.4. The zero-order valence-corrected chi connectivity index (χ0v) is 21.5. The molecule has 2 fully saturated rings. The molecule has 3 amide bonds. The standard InChI is InChI=1S/C25H30BrN3O3S/c1-16-11-17(2)15-28(14-16)25(32)20-12-18(26)7-8-21(20)27-24(31)22-6-3-9-29(22)23(30)13-19-5-4-10-33-19/h4-5,7-8,10,12,16-17,22H,3,6,9,11,13-15H2,1-2H3,(H,27,31)/t16-,17+,22-/m0/s1. The molecule has 1 aromatic carbocycles. The van der Waals surface area contributed by atoms with E-state index in [1.807, 2.05) is 28.5 Å². The monoisotopic (exact) mass is 531 g/mol. The molecular weight excluding hydrogens is 502 g/mol. The third-order valence-corrected chi connectivity index (χ3v) is 7.78. The zero-order valence-electron chi connectivity index (χ0n) is 19.1. The van der Waals surface area contributed by atoms with Crippen molar-refractivity contribution in [1.29, 1.82) is 0 Å². The second-order valence-electron chi connectivity index (χ2n) is 9.34. The molecule has 33 heavy (non-hydrogen) atoms. The summed E-state index contributed by atoms with van der Waals surface area (Å²) in [6, 6.07) is 8.71. The summed E-state index contributed by atoms with van der Waals surface area (Å²) in [5, 5.41) is 4.92. The van der Waals surface area contributed by atoms with E-state index in [1.54, 1.807) is 28.4 Å². The van der Waals surface area contributed by atoms with Gasteiger partial charge in [0, 0.05) is 29.0 Å². The van der Waals surface area contributed by atoms with Crippen molar-refractivity contribution in [3.8, 4) is 0 Å². The van der Waals surface area contributed by atoms with Crippen molar-refractivity contribution >= 4 is 50.7 Å². The molecule has 1 aromatic heterocycles. The van der Waals surface area contributed by atoms with Gasteiger partial charge in [-0.15, -0.1) is 11.3 Å². The van der Waals surface area contributed by atoms with Crippen LogP contribution >= 0.6 is 27.3 Å². The van der Waals surface area contributed by atoms with Crippen molar-refractivity contribution in [2.24, 2.45) is 11.8 Å². The molecule has 0 aliphatic carbocycles. The van der Waals surface area contributed by atoms with Gasteiger partial charge in [0.05, 0.1) is 17.7 Å². The first-order chi connectivity index (χ1) is 15.8. The van der Waals surface area contributed by atoms with Gasteiger partial charge in [-0.1, -0.05) is 35.8 Å². The summed E-state index contributed by atoms with van der Waals surface area (Å²) < 4.78 is 0.788. The topological polar surface area (TPSA) is 69.7 Å². The number of piperidine rings is 1. The number of carbonyl (C=O) groups excluding carboxylic acids is 3. The smallest absolute Gasteiger partial charge is 0.256 e. The van der Waals surface area contributed by atoms with Crippen molar-refractivity contribution in [2.75, 3.05) is 25.0 Å². The van der Waals surface area contributed by atoms with Crippen molar-refractivity contribution < 1.29 is 14.4 Å². The minimum Gasteiger partial charge on any atom is -0.338 e. The van der Waals surface area contributed by atoms with Crippen molar-refractivity contribution in [3.63, 3.8) is 0 Å². The number of likely N-dealkylation sites (tertiary alicyclic amines) is 2. The highest BCUT2D eigenvalue weighted by Crippen LogP contribution is 2.28. The van der Waals surface area contributed by atoms with Gasteiger partial charge in [-0.05, 0) is 60.7 Å². The van der Waals surface area contributed by atoms with Gasteiger partial charge < -0.3 is 15.1 Å². The number of amides is 3. The summed E-state index contributed by atoms with van der Waals surface area (Å²) in [6.07, 6.45) is 2.85. The van der Waals surface area contributed by atoms with Crippen LogP contribution in [0.25, 0.3) is 0 Å². The summed E-state index contributed by atoms with van der Waals surface area (Å²) in [7, 11) is 0. The summed E-state index contributed by atoms with van der Waals surface area (Å²) >= 11 is 5.01. The number of benzene rings is 1. The van der Waals surface area contributed by atoms with Gasteiger partial charge in [-0.2, -0.15) is 0 Å². The van der Waals surface area contributed by atoms with Crippen LogP contribution in [0.5, 0.6) is 0 Å². The fraction of sp³-hybridized carbons (Fsp3) is 0.480.